The molecule has 3 rings (SSSR count). The summed E-state index contributed by atoms with van der Waals surface area (Å²) in [5, 5.41) is 0. The lowest BCUT2D eigenvalue weighted by Crippen LogP contribution is -2.59. The van der Waals surface area contributed by atoms with Gasteiger partial charge in [0.2, 0.25) is 0 Å². The van der Waals surface area contributed by atoms with Gasteiger partial charge in [0.05, 0.1) is 0 Å². The summed E-state index contributed by atoms with van der Waals surface area (Å²) in [7, 11) is 0. The number of rotatable bonds is 2. The van der Waals surface area contributed by atoms with Gasteiger partial charge in [-0.1, -0.05) is 35.3 Å². The van der Waals surface area contributed by atoms with Crippen molar-refractivity contribution >= 4 is 21.6 Å². The Morgan fingerprint density at radius 3 is 2.95 bits per heavy atom. The molecule has 2 saturated heterocycles. The molecule has 3 heteroatoms. The minimum absolute atomic E-state index is 0.670. The summed E-state index contributed by atoms with van der Waals surface area (Å²) < 4.78 is 1.19. The molecule has 0 N–H and O–H groups in total. The van der Waals surface area contributed by atoms with E-state index >= 15 is 0 Å². The molecule has 2 atom stereocenters. The van der Waals surface area contributed by atoms with E-state index in [4.69, 9.17) is 0 Å². The highest BCUT2D eigenvalue weighted by molar-refractivity contribution is 9.10. The summed E-state index contributed by atoms with van der Waals surface area (Å²) >= 11 is 3.60. The van der Waals surface area contributed by atoms with Crippen LogP contribution in [0.3, 0.4) is 0 Å². The zero-order valence-corrected chi connectivity index (χ0v) is 13.3. The molecule has 0 bridgehead atoms. The Hall–Kier alpha value is -0.540. The number of halogens is 1. The van der Waals surface area contributed by atoms with Crippen molar-refractivity contribution in [2.75, 3.05) is 24.5 Å². The maximum absolute atomic E-state index is 3.60. The summed E-state index contributed by atoms with van der Waals surface area (Å²) in [6.07, 6.45) is 5.41. The van der Waals surface area contributed by atoms with Crippen LogP contribution < -0.4 is 4.90 Å². The highest BCUT2D eigenvalue weighted by Crippen LogP contribution is 2.30. The third-order valence-electron chi connectivity index (χ3n) is 4.65. The first-order valence-corrected chi connectivity index (χ1v) is 8.33. The Labute approximate surface area is 124 Å². The number of piperidine rings is 1. The molecule has 0 radical (unpaired) electrons. The smallest absolute Gasteiger partial charge is 0.0415 e. The van der Waals surface area contributed by atoms with Crippen LogP contribution in [-0.4, -0.2) is 36.6 Å². The van der Waals surface area contributed by atoms with Crippen molar-refractivity contribution in [3.8, 4) is 0 Å². The molecule has 0 spiro atoms. The van der Waals surface area contributed by atoms with Gasteiger partial charge in [-0.2, -0.15) is 0 Å². The zero-order valence-electron chi connectivity index (χ0n) is 11.7. The van der Waals surface area contributed by atoms with Crippen molar-refractivity contribution in [2.45, 2.75) is 44.7 Å². The fourth-order valence-electron chi connectivity index (χ4n) is 3.57. The molecule has 1 aromatic rings. The number of benzene rings is 1. The first-order valence-electron chi connectivity index (χ1n) is 7.54. The molecule has 0 amide bonds. The van der Waals surface area contributed by atoms with Crippen molar-refractivity contribution in [3.63, 3.8) is 0 Å². The lowest BCUT2D eigenvalue weighted by atomic mass is 9.95. The summed E-state index contributed by atoms with van der Waals surface area (Å²) in [5.41, 5.74) is 1.38. The van der Waals surface area contributed by atoms with Crippen LogP contribution in [0.25, 0.3) is 0 Å². The van der Waals surface area contributed by atoms with E-state index in [0.29, 0.717) is 6.04 Å². The van der Waals surface area contributed by atoms with Crippen molar-refractivity contribution in [1.82, 2.24) is 4.90 Å². The molecular weight excluding hydrogens is 300 g/mol. The fourth-order valence-corrected chi connectivity index (χ4v) is 3.96. The van der Waals surface area contributed by atoms with Gasteiger partial charge < -0.3 is 4.90 Å². The SMILES string of the molecule is CCC1CN2CCCCC2CN1c1cccc(Br)c1. The maximum atomic E-state index is 3.60. The number of hydrogen-bond donors (Lipinski definition) is 0. The number of fused-ring (bicyclic) bond motifs is 1. The Morgan fingerprint density at radius 2 is 2.16 bits per heavy atom. The second-order valence-electron chi connectivity index (χ2n) is 5.84. The first kappa shape index (κ1) is 13.4. The molecule has 2 nitrogen and oxygen atoms in total. The van der Waals surface area contributed by atoms with Gasteiger partial charge in [0.1, 0.15) is 0 Å². The largest absolute Gasteiger partial charge is 0.366 e. The van der Waals surface area contributed by atoms with Gasteiger partial charge in [-0.15, -0.1) is 0 Å². The monoisotopic (exact) mass is 322 g/mol. The van der Waals surface area contributed by atoms with E-state index < -0.39 is 0 Å². The molecule has 19 heavy (non-hydrogen) atoms. The first-order chi connectivity index (χ1) is 9.28. The second-order valence-corrected chi connectivity index (χ2v) is 6.75. The number of anilines is 1. The van der Waals surface area contributed by atoms with E-state index in [1.807, 2.05) is 0 Å². The van der Waals surface area contributed by atoms with Gasteiger partial charge in [-0.25, -0.2) is 0 Å². The summed E-state index contributed by atoms with van der Waals surface area (Å²) in [5.74, 6) is 0. The van der Waals surface area contributed by atoms with Crippen LogP contribution >= 0.6 is 15.9 Å². The Morgan fingerprint density at radius 1 is 1.26 bits per heavy atom. The van der Waals surface area contributed by atoms with Gasteiger partial charge >= 0.3 is 0 Å². The second kappa shape index (κ2) is 5.84. The van der Waals surface area contributed by atoms with E-state index in [0.717, 1.165) is 6.04 Å². The summed E-state index contributed by atoms with van der Waals surface area (Å²) in [6.45, 7) is 6.08. The Kier molecular flexibility index (Phi) is 4.13. The number of hydrogen-bond acceptors (Lipinski definition) is 2. The lowest BCUT2D eigenvalue weighted by Gasteiger charge is -2.49. The average Bonchev–Trinajstić information content (AvgIpc) is 2.46. The predicted octanol–water partition coefficient (Wildman–Crippen LogP) is 3.90. The molecular formula is C16H23BrN2. The molecule has 2 unspecified atom stereocenters. The molecule has 2 aliphatic heterocycles. The molecule has 0 aliphatic carbocycles. The van der Waals surface area contributed by atoms with E-state index in [1.54, 1.807) is 0 Å². The third kappa shape index (κ3) is 2.82. The van der Waals surface area contributed by atoms with Gasteiger partial charge in [0.15, 0.2) is 0 Å². The maximum Gasteiger partial charge on any atom is 0.0415 e. The lowest BCUT2D eigenvalue weighted by molar-refractivity contribution is 0.111. The van der Waals surface area contributed by atoms with Crippen LogP contribution in [0, 0.1) is 0 Å². The van der Waals surface area contributed by atoms with Crippen LogP contribution in [0.5, 0.6) is 0 Å². The Balaban J connectivity index is 1.82. The van der Waals surface area contributed by atoms with Gasteiger partial charge in [-0.05, 0) is 44.0 Å². The molecule has 2 aliphatic rings. The topological polar surface area (TPSA) is 6.48 Å². The van der Waals surface area contributed by atoms with Crippen LogP contribution in [-0.2, 0) is 0 Å². The van der Waals surface area contributed by atoms with Crippen molar-refractivity contribution in [2.24, 2.45) is 0 Å². The highest BCUT2D eigenvalue weighted by Gasteiger charge is 2.34. The van der Waals surface area contributed by atoms with Crippen LogP contribution in [0.1, 0.15) is 32.6 Å². The summed E-state index contributed by atoms with van der Waals surface area (Å²) in [4.78, 5) is 5.36. The molecule has 2 heterocycles. The predicted molar refractivity (Wildman–Crippen MR) is 84.8 cm³/mol. The van der Waals surface area contributed by atoms with Crippen LogP contribution in [0.2, 0.25) is 0 Å². The molecule has 1 aromatic carbocycles. The quantitative estimate of drug-likeness (QED) is 0.814. The van der Waals surface area contributed by atoms with E-state index in [2.05, 4.69) is 56.9 Å². The molecule has 104 valence electrons. The minimum Gasteiger partial charge on any atom is -0.366 e. The highest BCUT2D eigenvalue weighted by atomic mass is 79.9. The molecule has 0 saturated carbocycles. The third-order valence-corrected chi connectivity index (χ3v) is 5.15. The van der Waals surface area contributed by atoms with Crippen molar-refractivity contribution < 1.29 is 0 Å². The van der Waals surface area contributed by atoms with Crippen LogP contribution in [0.4, 0.5) is 5.69 Å². The van der Waals surface area contributed by atoms with Gasteiger partial charge in [-0.3, -0.25) is 4.90 Å². The number of nitrogens with zero attached hydrogens (tertiary/aromatic N) is 2. The summed E-state index contributed by atoms with van der Waals surface area (Å²) in [6, 6.07) is 10.2. The molecule has 0 aromatic heterocycles. The number of piperazine rings is 1. The minimum atomic E-state index is 0.670. The van der Waals surface area contributed by atoms with E-state index in [1.165, 1.54) is 55.5 Å². The zero-order chi connectivity index (χ0) is 13.2. The molecule has 2 fully saturated rings. The van der Waals surface area contributed by atoms with Crippen molar-refractivity contribution in [3.05, 3.63) is 28.7 Å². The standard InChI is InChI=1S/C16H23BrN2/c1-2-14-11-18-9-4-3-7-16(18)12-19(14)15-8-5-6-13(17)10-15/h5-6,8,10,14,16H,2-4,7,9,11-12H2,1H3. The van der Waals surface area contributed by atoms with E-state index in [9.17, 15) is 0 Å². The van der Waals surface area contributed by atoms with Gasteiger partial charge in [0, 0.05) is 35.3 Å². The van der Waals surface area contributed by atoms with Crippen LogP contribution in [0.15, 0.2) is 28.7 Å². The normalized spacial score (nSPS) is 28.2. The van der Waals surface area contributed by atoms with Gasteiger partial charge in [0.25, 0.3) is 0 Å². The average molecular weight is 323 g/mol. The van der Waals surface area contributed by atoms with Crippen molar-refractivity contribution in [1.29, 1.82) is 0 Å². The fraction of sp³-hybridized carbons (Fsp3) is 0.625. The van der Waals surface area contributed by atoms with E-state index in [-0.39, 0.29) is 0 Å². The Bertz CT molecular complexity index is 435.